The molecule has 4 nitrogen and oxygen atoms in total. The lowest BCUT2D eigenvalue weighted by Gasteiger charge is -2.40. The van der Waals surface area contributed by atoms with Crippen molar-refractivity contribution >= 4 is 8.32 Å². The van der Waals surface area contributed by atoms with Gasteiger partial charge in [-0.2, -0.15) is 0 Å². The molecule has 0 spiro atoms. The largest absolute Gasteiger partial charge is 0.494 e. The SMILES string of the molecule is CCOC1=CC([C@H]2C[C@@H]2O[Si](C)(C)C(C)(C)C)(N(C)C)C([C@@H]2C[C@H]2OCC)=C1. The molecular formula is C23H41NO3Si. The summed E-state index contributed by atoms with van der Waals surface area (Å²) in [5.74, 6) is 2.01. The Balaban J connectivity index is 1.85. The quantitative estimate of drug-likeness (QED) is 0.504. The molecule has 5 atom stereocenters. The molecule has 0 heterocycles. The predicted molar refractivity (Wildman–Crippen MR) is 118 cm³/mol. The Morgan fingerprint density at radius 1 is 1.11 bits per heavy atom. The first-order valence-electron chi connectivity index (χ1n) is 11.0. The van der Waals surface area contributed by atoms with Crippen LogP contribution in [0, 0.1) is 11.8 Å². The van der Waals surface area contributed by atoms with E-state index in [-0.39, 0.29) is 10.6 Å². The third-order valence-electron chi connectivity index (χ3n) is 7.24. The van der Waals surface area contributed by atoms with Crippen LogP contribution in [0.3, 0.4) is 0 Å². The van der Waals surface area contributed by atoms with Crippen LogP contribution in [0.2, 0.25) is 18.1 Å². The van der Waals surface area contributed by atoms with Gasteiger partial charge < -0.3 is 13.9 Å². The molecule has 0 aromatic rings. The zero-order valence-corrected chi connectivity index (χ0v) is 20.5. The van der Waals surface area contributed by atoms with Gasteiger partial charge in [-0.25, -0.2) is 0 Å². The number of allylic oxidation sites excluding steroid dienone is 1. The van der Waals surface area contributed by atoms with Gasteiger partial charge in [-0.3, -0.25) is 4.90 Å². The molecule has 160 valence electrons. The summed E-state index contributed by atoms with van der Waals surface area (Å²) in [6.07, 6.45) is 7.63. The minimum atomic E-state index is -1.77. The Kier molecular flexibility index (Phi) is 5.97. The molecule has 3 rings (SSSR count). The Hall–Kier alpha value is -0.623. The lowest BCUT2D eigenvalue weighted by molar-refractivity contribution is 0.117. The minimum absolute atomic E-state index is 0.103. The van der Waals surface area contributed by atoms with E-state index in [2.05, 4.69) is 78.9 Å². The van der Waals surface area contributed by atoms with Gasteiger partial charge in [0.05, 0.1) is 24.4 Å². The average Bonchev–Trinajstić information content (AvgIpc) is 3.46. The maximum absolute atomic E-state index is 6.82. The number of hydrogen-bond donors (Lipinski definition) is 0. The van der Waals surface area contributed by atoms with Crippen molar-refractivity contribution in [2.45, 2.75) is 83.3 Å². The molecule has 28 heavy (non-hydrogen) atoms. The molecule has 0 aromatic heterocycles. The van der Waals surface area contributed by atoms with E-state index in [1.54, 1.807) is 0 Å². The molecule has 0 aliphatic heterocycles. The van der Waals surface area contributed by atoms with E-state index in [0.29, 0.717) is 30.7 Å². The van der Waals surface area contributed by atoms with Crippen molar-refractivity contribution in [3.05, 3.63) is 23.5 Å². The highest BCUT2D eigenvalue weighted by Crippen LogP contribution is 2.59. The van der Waals surface area contributed by atoms with Crippen molar-refractivity contribution in [1.29, 1.82) is 0 Å². The van der Waals surface area contributed by atoms with Crippen LogP contribution in [-0.2, 0) is 13.9 Å². The molecule has 0 aromatic carbocycles. The van der Waals surface area contributed by atoms with E-state index >= 15 is 0 Å². The summed E-state index contributed by atoms with van der Waals surface area (Å²) in [7, 11) is 2.64. The van der Waals surface area contributed by atoms with Crippen molar-refractivity contribution in [2.75, 3.05) is 27.3 Å². The Morgan fingerprint density at radius 3 is 2.32 bits per heavy atom. The van der Waals surface area contributed by atoms with Crippen molar-refractivity contribution in [2.24, 2.45) is 11.8 Å². The second-order valence-electron chi connectivity index (χ2n) is 10.4. The van der Waals surface area contributed by atoms with Crippen molar-refractivity contribution in [3.63, 3.8) is 0 Å². The lowest BCUT2D eigenvalue weighted by atomic mass is 9.83. The summed E-state index contributed by atoms with van der Waals surface area (Å²) in [4.78, 5) is 2.39. The van der Waals surface area contributed by atoms with Crippen molar-refractivity contribution in [1.82, 2.24) is 4.90 Å². The second kappa shape index (κ2) is 7.57. The van der Waals surface area contributed by atoms with E-state index in [1.807, 2.05) is 0 Å². The number of nitrogens with zero attached hydrogens (tertiary/aromatic N) is 1. The summed E-state index contributed by atoms with van der Waals surface area (Å²) in [6, 6.07) is 0. The summed E-state index contributed by atoms with van der Waals surface area (Å²) >= 11 is 0. The molecule has 0 amide bonds. The zero-order chi connectivity index (χ0) is 20.9. The third kappa shape index (κ3) is 3.88. The maximum atomic E-state index is 6.82. The third-order valence-corrected chi connectivity index (χ3v) is 11.7. The molecule has 0 N–H and O–H groups in total. The van der Waals surface area contributed by atoms with Gasteiger partial charge in [0.15, 0.2) is 8.32 Å². The second-order valence-corrected chi connectivity index (χ2v) is 15.2. The first-order chi connectivity index (χ1) is 13.0. The Bertz CT molecular complexity index is 649. The minimum Gasteiger partial charge on any atom is -0.494 e. The van der Waals surface area contributed by atoms with Crippen molar-refractivity contribution < 1.29 is 13.9 Å². The van der Waals surface area contributed by atoms with Crippen LogP contribution in [0.15, 0.2) is 23.5 Å². The molecule has 2 saturated carbocycles. The molecule has 2 fully saturated rings. The molecule has 0 bridgehead atoms. The maximum Gasteiger partial charge on any atom is 0.192 e. The normalized spacial score (nSPS) is 35.1. The van der Waals surface area contributed by atoms with Crippen LogP contribution in [0.4, 0.5) is 0 Å². The highest BCUT2D eigenvalue weighted by molar-refractivity contribution is 6.74. The number of rotatable bonds is 9. The van der Waals surface area contributed by atoms with Crippen LogP contribution in [0.5, 0.6) is 0 Å². The lowest BCUT2D eigenvalue weighted by Crippen LogP contribution is -2.48. The summed E-state index contributed by atoms with van der Waals surface area (Å²) in [6.45, 7) is 17.3. The number of hydrogen-bond acceptors (Lipinski definition) is 4. The Labute approximate surface area is 173 Å². The topological polar surface area (TPSA) is 30.9 Å². The summed E-state index contributed by atoms with van der Waals surface area (Å²) in [5.41, 5.74) is 1.37. The van der Waals surface area contributed by atoms with E-state index in [4.69, 9.17) is 13.9 Å². The Morgan fingerprint density at radius 2 is 1.79 bits per heavy atom. The van der Waals surface area contributed by atoms with E-state index in [9.17, 15) is 0 Å². The molecule has 1 unspecified atom stereocenters. The van der Waals surface area contributed by atoms with Gasteiger partial charge in [-0.1, -0.05) is 20.8 Å². The number of likely N-dealkylation sites (N-methyl/N-ethyl adjacent to an activating group) is 1. The zero-order valence-electron chi connectivity index (χ0n) is 19.5. The van der Waals surface area contributed by atoms with Crippen molar-refractivity contribution in [3.8, 4) is 0 Å². The molecule has 5 heteroatoms. The van der Waals surface area contributed by atoms with Crippen LogP contribution in [-0.4, -0.2) is 58.3 Å². The standard InChI is InChI=1S/C23H41NO3Si/c1-10-25-16-12-18(17-13-20(17)26-11-2)23(15-16,24(6)7)19-14-21(19)27-28(8,9)22(3,4)5/h12,15,17,19-21H,10-11,13-14H2,1-9H3/t17-,19-,20+,21-,23?/m0/s1. The van der Waals surface area contributed by atoms with E-state index in [1.165, 1.54) is 5.57 Å². The van der Waals surface area contributed by atoms with Gasteiger partial charge in [-0.05, 0) is 76.6 Å². The van der Waals surface area contributed by atoms with Gasteiger partial charge in [-0.15, -0.1) is 0 Å². The summed E-state index contributed by atoms with van der Waals surface area (Å²) < 4.78 is 18.7. The monoisotopic (exact) mass is 407 g/mol. The van der Waals surface area contributed by atoms with Gasteiger partial charge in [0.1, 0.15) is 5.76 Å². The van der Waals surface area contributed by atoms with Gasteiger partial charge in [0, 0.05) is 18.4 Å². The molecule has 3 aliphatic rings. The van der Waals surface area contributed by atoms with Crippen LogP contribution >= 0.6 is 0 Å². The fourth-order valence-corrected chi connectivity index (χ4v) is 5.89. The molecule has 3 aliphatic carbocycles. The first kappa shape index (κ1) is 22.1. The van der Waals surface area contributed by atoms with Gasteiger partial charge >= 0.3 is 0 Å². The smallest absolute Gasteiger partial charge is 0.192 e. The fourth-order valence-electron chi connectivity index (χ4n) is 4.52. The fraction of sp³-hybridized carbons (Fsp3) is 0.826. The van der Waals surface area contributed by atoms with E-state index in [0.717, 1.165) is 25.2 Å². The highest BCUT2D eigenvalue weighted by Gasteiger charge is 2.62. The number of ether oxygens (including phenoxy) is 2. The van der Waals surface area contributed by atoms with Gasteiger partial charge in [0.25, 0.3) is 0 Å². The average molecular weight is 408 g/mol. The first-order valence-corrected chi connectivity index (χ1v) is 13.9. The van der Waals surface area contributed by atoms with Crippen LogP contribution in [0.25, 0.3) is 0 Å². The predicted octanol–water partition coefficient (Wildman–Crippen LogP) is 4.98. The van der Waals surface area contributed by atoms with Crippen LogP contribution in [0.1, 0.15) is 47.5 Å². The molecule has 0 radical (unpaired) electrons. The highest BCUT2D eigenvalue weighted by atomic mass is 28.4. The molecular weight excluding hydrogens is 366 g/mol. The van der Waals surface area contributed by atoms with Gasteiger partial charge in [0.2, 0.25) is 0 Å². The van der Waals surface area contributed by atoms with Crippen LogP contribution < -0.4 is 0 Å². The molecule has 0 saturated heterocycles. The van der Waals surface area contributed by atoms with E-state index < -0.39 is 8.32 Å². The summed E-state index contributed by atoms with van der Waals surface area (Å²) in [5, 5.41) is 0.239.